The molecule has 20 heavy (non-hydrogen) atoms. The number of hydrogen-bond donors (Lipinski definition) is 2. The maximum atomic E-state index is 11.9. The maximum Gasteiger partial charge on any atom is 0.326 e. The van der Waals surface area contributed by atoms with Gasteiger partial charge in [-0.05, 0) is 19.8 Å². The van der Waals surface area contributed by atoms with Crippen LogP contribution in [0.5, 0.6) is 0 Å². The van der Waals surface area contributed by atoms with E-state index in [1.54, 1.807) is 13.8 Å². The summed E-state index contributed by atoms with van der Waals surface area (Å²) in [6, 6.07) is -1.09. The molecular formula is C13H21NO6. The molecule has 0 aromatic heterocycles. The monoisotopic (exact) mass is 287 g/mol. The first-order chi connectivity index (χ1) is 9.45. The summed E-state index contributed by atoms with van der Waals surface area (Å²) in [7, 11) is 0. The van der Waals surface area contributed by atoms with Crippen molar-refractivity contribution in [3.05, 3.63) is 0 Å². The summed E-state index contributed by atoms with van der Waals surface area (Å²) in [6.07, 6.45) is 0.596. The molecule has 114 valence electrons. The maximum absolute atomic E-state index is 11.9. The van der Waals surface area contributed by atoms with Crippen LogP contribution in [0.4, 0.5) is 0 Å². The van der Waals surface area contributed by atoms with Gasteiger partial charge in [-0.15, -0.1) is 0 Å². The van der Waals surface area contributed by atoms with Gasteiger partial charge in [0.15, 0.2) is 0 Å². The summed E-state index contributed by atoms with van der Waals surface area (Å²) in [5.41, 5.74) is 0. The molecule has 3 atom stereocenters. The molecule has 0 saturated carbocycles. The van der Waals surface area contributed by atoms with Crippen LogP contribution in [-0.4, -0.2) is 48.8 Å². The van der Waals surface area contributed by atoms with E-state index >= 15 is 0 Å². The number of hydrogen-bond acceptors (Lipinski definition) is 5. The van der Waals surface area contributed by atoms with Gasteiger partial charge in [-0.25, -0.2) is 4.79 Å². The molecule has 1 fully saturated rings. The molecule has 1 aliphatic rings. The number of aliphatic carboxylic acids is 1. The Morgan fingerprint density at radius 1 is 1.45 bits per heavy atom. The van der Waals surface area contributed by atoms with Crippen LogP contribution in [0, 0.1) is 11.8 Å². The van der Waals surface area contributed by atoms with Crippen molar-refractivity contribution in [2.24, 2.45) is 11.8 Å². The Balaban J connectivity index is 2.53. The summed E-state index contributed by atoms with van der Waals surface area (Å²) in [5, 5.41) is 11.6. The second kappa shape index (κ2) is 7.84. The average molecular weight is 287 g/mol. The van der Waals surface area contributed by atoms with E-state index in [2.05, 4.69) is 5.32 Å². The van der Waals surface area contributed by atoms with Crippen molar-refractivity contribution in [1.82, 2.24) is 5.32 Å². The molecule has 0 bridgehead atoms. The number of carboxylic acids is 1. The highest BCUT2D eigenvalue weighted by atomic mass is 16.5. The molecule has 0 spiro atoms. The second-order valence-electron chi connectivity index (χ2n) is 4.85. The molecule has 1 saturated heterocycles. The standard InChI is InChI=1S/C13H21NO6/c1-3-20-13(18)8(2)6-10(12(16)17)14-11(15)9-4-5-19-7-9/h8-10H,3-7H2,1-2H3,(H,14,15)(H,16,17)/t8-,9-,10-/m0/s1. The molecule has 2 N–H and O–H groups in total. The van der Waals surface area contributed by atoms with Gasteiger partial charge >= 0.3 is 11.9 Å². The number of carboxylic acid groups (broad SMARTS) is 1. The smallest absolute Gasteiger partial charge is 0.326 e. The van der Waals surface area contributed by atoms with E-state index in [0.29, 0.717) is 19.6 Å². The van der Waals surface area contributed by atoms with E-state index in [1.165, 1.54) is 0 Å². The van der Waals surface area contributed by atoms with Gasteiger partial charge in [-0.1, -0.05) is 6.92 Å². The molecule has 1 heterocycles. The van der Waals surface area contributed by atoms with E-state index in [9.17, 15) is 14.4 Å². The normalized spacial score (nSPS) is 21.0. The summed E-state index contributed by atoms with van der Waals surface area (Å²) in [4.78, 5) is 34.5. The van der Waals surface area contributed by atoms with E-state index in [1.807, 2.05) is 0 Å². The van der Waals surface area contributed by atoms with Gasteiger partial charge in [0.1, 0.15) is 6.04 Å². The lowest BCUT2D eigenvalue weighted by atomic mass is 10.0. The predicted molar refractivity (Wildman–Crippen MR) is 68.9 cm³/mol. The number of carbonyl (C=O) groups excluding carboxylic acids is 2. The summed E-state index contributed by atoms with van der Waals surface area (Å²) < 4.78 is 9.91. The Morgan fingerprint density at radius 3 is 2.65 bits per heavy atom. The quantitative estimate of drug-likeness (QED) is 0.648. The molecule has 0 aromatic rings. The highest BCUT2D eigenvalue weighted by molar-refractivity contribution is 5.85. The SMILES string of the molecule is CCOC(=O)[C@@H](C)C[C@H](NC(=O)[C@H]1CCOC1)C(=O)O. The van der Waals surface area contributed by atoms with Gasteiger partial charge in [0.25, 0.3) is 0 Å². The zero-order chi connectivity index (χ0) is 15.1. The van der Waals surface area contributed by atoms with Crippen LogP contribution < -0.4 is 5.32 Å². The van der Waals surface area contributed by atoms with E-state index < -0.39 is 23.9 Å². The minimum absolute atomic E-state index is 0.00742. The summed E-state index contributed by atoms with van der Waals surface area (Å²) in [6.45, 7) is 4.33. The van der Waals surface area contributed by atoms with Crippen LogP contribution in [0.1, 0.15) is 26.7 Å². The van der Waals surface area contributed by atoms with Crippen LogP contribution in [0.3, 0.4) is 0 Å². The number of rotatable bonds is 7. The molecule has 7 nitrogen and oxygen atoms in total. The summed E-state index contributed by atoms with van der Waals surface area (Å²) in [5.74, 6) is -2.86. The van der Waals surface area contributed by atoms with Gasteiger partial charge in [-0.2, -0.15) is 0 Å². The molecule has 0 radical (unpaired) electrons. The Kier molecular flexibility index (Phi) is 6.44. The summed E-state index contributed by atoms with van der Waals surface area (Å²) >= 11 is 0. The highest BCUT2D eigenvalue weighted by Gasteiger charge is 2.30. The fourth-order valence-electron chi connectivity index (χ4n) is 1.99. The van der Waals surface area contributed by atoms with Crippen molar-refractivity contribution in [3.8, 4) is 0 Å². The van der Waals surface area contributed by atoms with Gasteiger partial charge in [0.05, 0.1) is 25.0 Å². The first-order valence-electron chi connectivity index (χ1n) is 6.73. The molecule has 0 aliphatic carbocycles. The van der Waals surface area contributed by atoms with Gasteiger partial charge in [-0.3, -0.25) is 9.59 Å². The van der Waals surface area contributed by atoms with Crippen LogP contribution in [-0.2, 0) is 23.9 Å². The minimum atomic E-state index is -1.16. The van der Waals surface area contributed by atoms with Gasteiger partial charge in [0, 0.05) is 6.61 Å². The lowest BCUT2D eigenvalue weighted by Gasteiger charge is -2.19. The Labute approximate surface area is 117 Å². The van der Waals surface area contributed by atoms with Gasteiger partial charge in [0.2, 0.25) is 5.91 Å². The number of amides is 1. The van der Waals surface area contributed by atoms with Crippen LogP contribution in [0.2, 0.25) is 0 Å². The zero-order valence-corrected chi connectivity index (χ0v) is 11.8. The first kappa shape index (κ1) is 16.4. The molecule has 1 rings (SSSR count). The second-order valence-corrected chi connectivity index (χ2v) is 4.85. The lowest BCUT2D eigenvalue weighted by Crippen LogP contribution is -2.45. The lowest BCUT2D eigenvalue weighted by molar-refractivity contribution is -0.149. The van der Waals surface area contributed by atoms with Crippen LogP contribution in [0.15, 0.2) is 0 Å². The number of ether oxygens (including phenoxy) is 2. The van der Waals surface area contributed by atoms with Crippen molar-refractivity contribution < 1.29 is 29.0 Å². The van der Waals surface area contributed by atoms with Crippen molar-refractivity contribution in [3.63, 3.8) is 0 Å². The number of nitrogens with one attached hydrogen (secondary N) is 1. The third-order valence-electron chi connectivity index (χ3n) is 3.19. The van der Waals surface area contributed by atoms with Crippen molar-refractivity contribution in [1.29, 1.82) is 0 Å². The van der Waals surface area contributed by atoms with Crippen molar-refractivity contribution in [2.45, 2.75) is 32.7 Å². The Bertz CT molecular complexity index is 364. The molecule has 1 amide bonds. The molecule has 1 aliphatic heterocycles. The number of esters is 1. The van der Waals surface area contributed by atoms with E-state index in [-0.39, 0.29) is 24.9 Å². The van der Waals surface area contributed by atoms with Crippen LogP contribution in [0.25, 0.3) is 0 Å². The minimum Gasteiger partial charge on any atom is -0.480 e. The highest BCUT2D eigenvalue weighted by Crippen LogP contribution is 2.14. The molecule has 0 aromatic carbocycles. The molecular weight excluding hydrogens is 266 g/mol. The van der Waals surface area contributed by atoms with Crippen molar-refractivity contribution in [2.75, 3.05) is 19.8 Å². The molecule has 0 unspecified atom stereocenters. The Hall–Kier alpha value is -1.63. The van der Waals surface area contributed by atoms with Gasteiger partial charge < -0.3 is 19.9 Å². The van der Waals surface area contributed by atoms with Crippen LogP contribution >= 0.6 is 0 Å². The average Bonchev–Trinajstić information content (AvgIpc) is 2.91. The third kappa shape index (κ3) is 4.80. The van der Waals surface area contributed by atoms with E-state index in [4.69, 9.17) is 14.6 Å². The van der Waals surface area contributed by atoms with E-state index in [0.717, 1.165) is 0 Å². The first-order valence-corrected chi connectivity index (χ1v) is 6.73. The number of carbonyl (C=O) groups is 3. The third-order valence-corrected chi connectivity index (χ3v) is 3.19. The topological polar surface area (TPSA) is 102 Å². The van der Waals surface area contributed by atoms with Crippen molar-refractivity contribution >= 4 is 17.8 Å². The molecule has 7 heteroatoms. The largest absolute Gasteiger partial charge is 0.480 e. The fourth-order valence-corrected chi connectivity index (χ4v) is 1.99. The zero-order valence-electron chi connectivity index (χ0n) is 11.8. The fraction of sp³-hybridized carbons (Fsp3) is 0.769. The Morgan fingerprint density at radius 2 is 2.15 bits per heavy atom. The predicted octanol–water partition coefficient (Wildman–Crippen LogP) is 0.182.